The summed E-state index contributed by atoms with van der Waals surface area (Å²) in [6.45, 7) is 4.66. The SMILES string of the molecule is Cc1ccc(CN(C(=O)c2ccnc(C(=O)O)c2)C2CC2)cc1C. The molecule has 0 spiro atoms. The maximum Gasteiger partial charge on any atom is 0.354 e. The number of carboxylic acids is 1. The number of hydrogen-bond donors (Lipinski definition) is 1. The molecule has 124 valence electrons. The zero-order chi connectivity index (χ0) is 17.3. The van der Waals surface area contributed by atoms with Gasteiger partial charge in [-0.05, 0) is 55.5 Å². The van der Waals surface area contributed by atoms with Gasteiger partial charge in [0.1, 0.15) is 5.69 Å². The van der Waals surface area contributed by atoms with Crippen molar-refractivity contribution in [2.75, 3.05) is 0 Å². The molecule has 1 aromatic heterocycles. The smallest absolute Gasteiger partial charge is 0.354 e. The Hall–Kier alpha value is -2.69. The van der Waals surface area contributed by atoms with Gasteiger partial charge in [-0.3, -0.25) is 4.79 Å². The minimum Gasteiger partial charge on any atom is -0.477 e. The number of carbonyl (C=O) groups excluding carboxylic acids is 1. The fourth-order valence-electron chi connectivity index (χ4n) is 2.70. The van der Waals surface area contributed by atoms with Crippen LogP contribution in [0.3, 0.4) is 0 Å². The minimum absolute atomic E-state index is 0.109. The molecule has 5 heteroatoms. The van der Waals surface area contributed by atoms with E-state index in [1.54, 1.807) is 6.07 Å². The van der Waals surface area contributed by atoms with Crippen LogP contribution in [0.2, 0.25) is 0 Å². The summed E-state index contributed by atoms with van der Waals surface area (Å²) in [5.74, 6) is -1.27. The van der Waals surface area contributed by atoms with Crippen LogP contribution in [0.5, 0.6) is 0 Å². The highest BCUT2D eigenvalue weighted by molar-refractivity contribution is 5.97. The highest BCUT2D eigenvalue weighted by atomic mass is 16.4. The highest BCUT2D eigenvalue weighted by Gasteiger charge is 2.33. The van der Waals surface area contributed by atoms with Gasteiger partial charge in [0, 0.05) is 24.3 Å². The lowest BCUT2D eigenvalue weighted by Crippen LogP contribution is -2.32. The molecule has 2 aromatic rings. The molecule has 1 aromatic carbocycles. The normalized spacial score (nSPS) is 13.6. The van der Waals surface area contributed by atoms with Gasteiger partial charge in [0.05, 0.1) is 0 Å². The van der Waals surface area contributed by atoms with E-state index in [1.165, 1.54) is 23.4 Å². The third-order valence-corrected chi connectivity index (χ3v) is 4.40. The van der Waals surface area contributed by atoms with Crippen LogP contribution in [0.25, 0.3) is 0 Å². The van der Waals surface area contributed by atoms with Gasteiger partial charge >= 0.3 is 5.97 Å². The van der Waals surface area contributed by atoms with Crippen LogP contribution in [0, 0.1) is 13.8 Å². The molecule has 1 saturated carbocycles. The van der Waals surface area contributed by atoms with E-state index in [0.29, 0.717) is 12.1 Å². The number of nitrogens with zero attached hydrogens (tertiary/aromatic N) is 2. The summed E-state index contributed by atoms with van der Waals surface area (Å²) in [6.07, 6.45) is 3.36. The largest absolute Gasteiger partial charge is 0.477 e. The molecule has 24 heavy (non-hydrogen) atoms. The summed E-state index contributed by atoms with van der Waals surface area (Å²) in [5.41, 5.74) is 3.78. The molecule has 0 bridgehead atoms. The predicted molar refractivity (Wildman–Crippen MR) is 90.0 cm³/mol. The van der Waals surface area contributed by atoms with Gasteiger partial charge in [-0.25, -0.2) is 9.78 Å². The second-order valence-electron chi connectivity index (χ2n) is 6.32. The summed E-state index contributed by atoms with van der Waals surface area (Å²) < 4.78 is 0. The fraction of sp³-hybridized carbons (Fsp3) is 0.316. The Morgan fingerprint density at radius 1 is 1.17 bits per heavy atom. The number of aromatic nitrogens is 1. The molecule has 1 heterocycles. The third-order valence-electron chi connectivity index (χ3n) is 4.40. The van der Waals surface area contributed by atoms with Crippen molar-refractivity contribution < 1.29 is 14.7 Å². The van der Waals surface area contributed by atoms with Crippen LogP contribution in [0.4, 0.5) is 0 Å². The van der Waals surface area contributed by atoms with Crippen molar-refractivity contribution in [3.63, 3.8) is 0 Å². The average Bonchev–Trinajstić information content (AvgIpc) is 3.40. The van der Waals surface area contributed by atoms with Gasteiger partial charge in [-0.15, -0.1) is 0 Å². The van der Waals surface area contributed by atoms with E-state index in [4.69, 9.17) is 5.11 Å². The molecular formula is C19H20N2O3. The van der Waals surface area contributed by atoms with Crippen LogP contribution in [-0.2, 0) is 6.54 Å². The molecular weight excluding hydrogens is 304 g/mol. The molecule has 1 fully saturated rings. The van der Waals surface area contributed by atoms with Crippen LogP contribution in [0.1, 0.15) is 50.4 Å². The zero-order valence-corrected chi connectivity index (χ0v) is 13.8. The van der Waals surface area contributed by atoms with Crippen molar-refractivity contribution in [3.05, 3.63) is 64.5 Å². The predicted octanol–water partition coefficient (Wildman–Crippen LogP) is 3.20. The Bertz CT molecular complexity index is 797. The molecule has 0 radical (unpaired) electrons. The van der Waals surface area contributed by atoms with E-state index in [1.807, 2.05) is 11.0 Å². The molecule has 3 rings (SSSR count). The van der Waals surface area contributed by atoms with Crippen LogP contribution in [0.15, 0.2) is 36.5 Å². The monoisotopic (exact) mass is 324 g/mol. The van der Waals surface area contributed by atoms with Crippen LogP contribution >= 0.6 is 0 Å². The van der Waals surface area contributed by atoms with Gasteiger partial charge in [0.15, 0.2) is 0 Å². The number of pyridine rings is 1. The second-order valence-corrected chi connectivity index (χ2v) is 6.32. The molecule has 1 N–H and O–H groups in total. The molecule has 0 saturated heterocycles. The van der Waals surface area contributed by atoms with Crippen molar-refractivity contribution in [1.82, 2.24) is 9.88 Å². The van der Waals surface area contributed by atoms with E-state index in [2.05, 4.69) is 31.0 Å². The maximum atomic E-state index is 12.9. The summed E-state index contributed by atoms with van der Waals surface area (Å²) in [5, 5.41) is 9.06. The average molecular weight is 324 g/mol. The minimum atomic E-state index is -1.13. The Labute approximate surface area is 140 Å². The van der Waals surface area contributed by atoms with Gasteiger partial charge in [-0.1, -0.05) is 18.2 Å². The number of aryl methyl sites for hydroxylation is 2. The number of amides is 1. The Morgan fingerprint density at radius 3 is 2.54 bits per heavy atom. The molecule has 1 aliphatic carbocycles. The maximum absolute atomic E-state index is 12.9. The summed E-state index contributed by atoms with van der Waals surface area (Å²) >= 11 is 0. The van der Waals surface area contributed by atoms with E-state index < -0.39 is 5.97 Å². The van der Waals surface area contributed by atoms with Crippen molar-refractivity contribution in [2.45, 2.75) is 39.3 Å². The lowest BCUT2D eigenvalue weighted by atomic mass is 10.1. The first kappa shape index (κ1) is 16.2. The number of carbonyl (C=O) groups is 2. The summed E-state index contributed by atoms with van der Waals surface area (Å²) in [4.78, 5) is 29.5. The van der Waals surface area contributed by atoms with Crippen molar-refractivity contribution in [3.8, 4) is 0 Å². The lowest BCUT2D eigenvalue weighted by Gasteiger charge is -2.23. The van der Waals surface area contributed by atoms with E-state index >= 15 is 0 Å². The van der Waals surface area contributed by atoms with Crippen LogP contribution < -0.4 is 0 Å². The van der Waals surface area contributed by atoms with Gasteiger partial charge in [0.2, 0.25) is 0 Å². The molecule has 0 atom stereocenters. The number of rotatable bonds is 5. The number of hydrogen-bond acceptors (Lipinski definition) is 3. The molecule has 1 aliphatic rings. The highest BCUT2D eigenvalue weighted by Crippen LogP contribution is 2.30. The standard InChI is InChI=1S/C19H20N2O3/c1-12-3-4-14(9-13(12)2)11-21(16-5-6-16)18(22)15-7-8-20-17(10-15)19(23)24/h3-4,7-10,16H,5-6,11H2,1-2H3,(H,23,24). The third kappa shape index (κ3) is 3.45. The Balaban J connectivity index is 1.85. The molecule has 0 aliphatic heterocycles. The first-order valence-electron chi connectivity index (χ1n) is 8.02. The summed E-state index contributed by atoms with van der Waals surface area (Å²) in [7, 11) is 0. The number of benzene rings is 1. The Kier molecular flexibility index (Phi) is 4.34. The first-order chi connectivity index (χ1) is 11.5. The molecule has 5 nitrogen and oxygen atoms in total. The molecule has 1 amide bonds. The van der Waals surface area contributed by atoms with Crippen molar-refractivity contribution >= 4 is 11.9 Å². The van der Waals surface area contributed by atoms with Crippen molar-refractivity contribution in [1.29, 1.82) is 0 Å². The number of aromatic carboxylic acids is 1. The van der Waals surface area contributed by atoms with Gasteiger partial charge in [0.25, 0.3) is 5.91 Å². The topological polar surface area (TPSA) is 70.5 Å². The Morgan fingerprint density at radius 2 is 1.92 bits per heavy atom. The quantitative estimate of drug-likeness (QED) is 0.917. The first-order valence-corrected chi connectivity index (χ1v) is 8.02. The fourth-order valence-corrected chi connectivity index (χ4v) is 2.70. The van der Waals surface area contributed by atoms with Crippen LogP contribution in [-0.4, -0.2) is 32.9 Å². The van der Waals surface area contributed by atoms with Gasteiger partial charge < -0.3 is 10.0 Å². The van der Waals surface area contributed by atoms with E-state index in [9.17, 15) is 9.59 Å². The molecule has 0 unspecified atom stereocenters. The lowest BCUT2D eigenvalue weighted by molar-refractivity contribution is 0.0690. The van der Waals surface area contributed by atoms with E-state index in [-0.39, 0.29) is 17.6 Å². The summed E-state index contributed by atoms with van der Waals surface area (Å²) in [6, 6.07) is 9.37. The number of carboxylic acid groups (broad SMARTS) is 1. The van der Waals surface area contributed by atoms with Gasteiger partial charge in [-0.2, -0.15) is 0 Å². The zero-order valence-electron chi connectivity index (χ0n) is 13.8. The van der Waals surface area contributed by atoms with Crippen molar-refractivity contribution in [2.24, 2.45) is 0 Å². The van der Waals surface area contributed by atoms with E-state index in [0.717, 1.165) is 18.4 Å². The second kappa shape index (κ2) is 6.43.